The van der Waals surface area contributed by atoms with Crippen LogP contribution in [-0.4, -0.2) is 20.3 Å². The first-order valence-corrected chi connectivity index (χ1v) is 7.63. The first kappa shape index (κ1) is 15.6. The molecular weight excluding hydrogens is 297 g/mol. The number of nitrogens with one attached hydrogen (secondary N) is 1. The van der Waals surface area contributed by atoms with E-state index in [0.29, 0.717) is 19.8 Å². The van der Waals surface area contributed by atoms with E-state index in [1.165, 1.54) is 13.2 Å². The van der Waals surface area contributed by atoms with Gasteiger partial charge in [-0.25, -0.2) is 4.39 Å². The van der Waals surface area contributed by atoms with Gasteiger partial charge in [-0.2, -0.15) is 0 Å². The molecule has 0 saturated heterocycles. The van der Waals surface area contributed by atoms with E-state index in [2.05, 4.69) is 5.32 Å². The molecule has 0 saturated carbocycles. The second-order valence-electron chi connectivity index (χ2n) is 5.44. The van der Waals surface area contributed by atoms with Gasteiger partial charge in [0.25, 0.3) is 0 Å². The quantitative estimate of drug-likeness (QED) is 0.917. The van der Waals surface area contributed by atoms with Crippen LogP contribution in [0.1, 0.15) is 24.1 Å². The monoisotopic (exact) mass is 317 g/mol. The van der Waals surface area contributed by atoms with Crippen molar-refractivity contribution < 1.29 is 18.6 Å². The molecule has 1 atom stereocenters. The summed E-state index contributed by atoms with van der Waals surface area (Å²) < 4.78 is 30.0. The van der Waals surface area contributed by atoms with Gasteiger partial charge in [-0.05, 0) is 30.7 Å². The van der Waals surface area contributed by atoms with Crippen molar-refractivity contribution in [2.24, 2.45) is 0 Å². The van der Waals surface area contributed by atoms with Gasteiger partial charge in [-0.15, -0.1) is 0 Å². The second kappa shape index (κ2) is 6.87. The third kappa shape index (κ3) is 3.40. The third-order valence-electron chi connectivity index (χ3n) is 3.92. The lowest BCUT2D eigenvalue weighted by Gasteiger charge is -2.22. The van der Waals surface area contributed by atoms with Crippen LogP contribution in [-0.2, 0) is 6.54 Å². The van der Waals surface area contributed by atoms with E-state index in [0.717, 1.165) is 22.6 Å². The van der Waals surface area contributed by atoms with E-state index >= 15 is 0 Å². The molecule has 2 aromatic rings. The van der Waals surface area contributed by atoms with Crippen molar-refractivity contribution in [3.8, 4) is 17.2 Å². The van der Waals surface area contributed by atoms with Crippen molar-refractivity contribution in [3.05, 3.63) is 53.3 Å². The second-order valence-corrected chi connectivity index (χ2v) is 5.44. The summed E-state index contributed by atoms with van der Waals surface area (Å²) >= 11 is 0. The first-order valence-electron chi connectivity index (χ1n) is 7.63. The maximum Gasteiger partial charge on any atom is 0.165 e. The Morgan fingerprint density at radius 2 is 2.04 bits per heavy atom. The zero-order valence-electron chi connectivity index (χ0n) is 13.3. The number of rotatable bonds is 5. The number of methoxy groups -OCH3 is 1. The number of hydrogen-bond donors (Lipinski definition) is 1. The number of ether oxygens (including phenoxy) is 3. The van der Waals surface area contributed by atoms with Crippen molar-refractivity contribution in [1.29, 1.82) is 0 Å². The topological polar surface area (TPSA) is 39.7 Å². The van der Waals surface area contributed by atoms with Crippen LogP contribution in [0.5, 0.6) is 17.2 Å². The van der Waals surface area contributed by atoms with Gasteiger partial charge in [0.15, 0.2) is 23.1 Å². The lowest BCUT2D eigenvalue weighted by molar-refractivity contribution is 0.169. The lowest BCUT2D eigenvalue weighted by Crippen LogP contribution is -2.21. The Morgan fingerprint density at radius 1 is 1.22 bits per heavy atom. The Labute approximate surface area is 135 Å². The molecule has 1 heterocycles. The standard InChI is InChI=1S/C18H20FNO3/c1-12(13-6-7-16(21-2)15(19)10-13)20-11-14-4-3-5-17-18(14)23-9-8-22-17/h3-7,10,12,20H,8-9,11H2,1-2H3/t12-/m1/s1. The average Bonchev–Trinajstić information content (AvgIpc) is 2.59. The van der Waals surface area contributed by atoms with Gasteiger partial charge in [-0.3, -0.25) is 0 Å². The molecule has 4 nitrogen and oxygen atoms in total. The number of fused-ring (bicyclic) bond motifs is 1. The number of benzene rings is 2. The van der Waals surface area contributed by atoms with Gasteiger partial charge >= 0.3 is 0 Å². The molecule has 0 aliphatic carbocycles. The molecule has 3 rings (SSSR count). The Balaban J connectivity index is 1.70. The Morgan fingerprint density at radius 3 is 2.83 bits per heavy atom. The van der Waals surface area contributed by atoms with Crippen LogP contribution < -0.4 is 19.5 Å². The van der Waals surface area contributed by atoms with E-state index in [9.17, 15) is 4.39 Å². The Kier molecular flexibility index (Phi) is 4.67. The summed E-state index contributed by atoms with van der Waals surface area (Å²) in [5, 5.41) is 3.39. The molecule has 0 radical (unpaired) electrons. The number of para-hydroxylation sites is 1. The molecule has 5 heteroatoms. The highest BCUT2D eigenvalue weighted by Gasteiger charge is 2.16. The summed E-state index contributed by atoms with van der Waals surface area (Å²) in [6.07, 6.45) is 0. The number of hydrogen-bond acceptors (Lipinski definition) is 4. The zero-order valence-corrected chi connectivity index (χ0v) is 13.3. The van der Waals surface area contributed by atoms with Gasteiger partial charge in [0.1, 0.15) is 13.2 Å². The summed E-state index contributed by atoms with van der Waals surface area (Å²) in [6, 6.07) is 10.8. The molecule has 0 fully saturated rings. The molecule has 0 spiro atoms. The highest BCUT2D eigenvalue weighted by atomic mass is 19.1. The molecule has 23 heavy (non-hydrogen) atoms. The van der Waals surface area contributed by atoms with Gasteiger partial charge in [0.05, 0.1) is 7.11 Å². The lowest BCUT2D eigenvalue weighted by atomic mass is 10.1. The fourth-order valence-electron chi connectivity index (χ4n) is 2.61. The summed E-state index contributed by atoms with van der Waals surface area (Å²) in [5.41, 5.74) is 1.90. The fourth-order valence-corrected chi connectivity index (χ4v) is 2.61. The number of halogens is 1. The van der Waals surface area contributed by atoms with E-state index < -0.39 is 0 Å². The van der Waals surface area contributed by atoms with Crippen LogP contribution in [0, 0.1) is 5.82 Å². The van der Waals surface area contributed by atoms with Crippen LogP contribution >= 0.6 is 0 Å². The van der Waals surface area contributed by atoms with Crippen molar-refractivity contribution in [2.45, 2.75) is 19.5 Å². The van der Waals surface area contributed by atoms with Gasteiger partial charge in [0.2, 0.25) is 0 Å². The molecule has 0 unspecified atom stereocenters. The minimum atomic E-state index is -0.354. The molecule has 2 aromatic carbocycles. The predicted molar refractivity (Wildman–Crippen MR) is 85.6 cm³/mol. The SMILES string of the molecule is COc1ccc([C@@H](C)NCc2cccc3c2OCCO3)cc1F. The minimum absolute atomic E-state index is 0.00392. The molecule has 0 amide bonds. The molecule has 1 N–H and O–H groups in total. The highest BCUT2D eigenvalue weighted by Crippen LogP contribution is 2.33. The van der Waals surface area contributed by atoms with Crippen molar-refractivity contribution in [3.63, 3.8) is 0 Å². The van der Waals surface area contributed by atoms with Crippen molar-refractivity contribution >= 4 is 0 Å². The molecule has 0 bridgehead atoms. The van der Waals surface area contributed by atoms with Crippen LogP contribution in [0.2, 0.25) is 0 Å². The largest absolute Gasteiger partial charge is 0.494 e. The van der Waals surface area contributed by atoms with Crippen LogP contribution in [0.25, 0.3) is 0 Å². The van der Waals surface area contributed by atoms with Gasteiger partial charge in [-0.1, -0.05) is 18.2 Å². The minimum Gasteiger partial charge on any atom is -0.494 e. The van der Waals surface area contributed by atoms with Gasteiger partial charge in [0, 0.05) is 18.2 Å². The summed E-state index contributed by atoms with van der Waals surface area (Å²) in [6.45, 7) is 3.74. The first-order chi connectivity index (χ1) is 11.2. The molecule has 1 aliphatic heterocycles. The molecule has 0 aromatic heterocycles. The molecule has 122 valence electrons. The fraction of sp³-hybridized carbons (Fsp3) is 0.333. The predicted octanol–water partition coefficient (Wildman–Crippen LogP) is 3.46. The molecule has 1 aliphatic rings. The smallest absolute Gasteiger partial charge is 0.165 e. The van der Waals surface area contributed by atoms with E-state index in [1.54, 1.807) is 6.07 Å². The third-order valence-corrected chi connectivity index (χ3v) is 3.92. The summed E-state index contributed by atoms with van der Waals surface area (Å²) in [7, 11) is 1.46. The van der Waals surface area contributed by atoms with E-state index in [1.807, 2.05) is 31.2 Å². The van der Waals surface area contributed by atoms with E-state index in [-0.39, 0.29) is 17.6 Å². The van der Waals surface area contributed by atoms with Crippen molar-refractivity contribution in [2.75, 3.05) is 20.3 Å². The maximum atomic E-state index is 13.8. The summed E-state index contributed by atoms with van der Waals surface area (Å²) in [4.78, 5) is 0. The Bertz CT molecular complexity index is 690. The van der Waals surface area contributed by atoms with Gasteiger partial charge < -0.3 is 19.5 Å². The Hall–Kier alpha value is -2.27. The highest BCUT2D eigenvalue weighted by molar-refractivity contribution is 5.47. The zero-order chi connectivity index (χ0) is 16.2. The van der Waals surface area contributed by atoms with Crippen molar-refractivity contribution in [1.82, 2.24) is 5.32 Å². The summed E-state index contributed by atoms with van der Waals surface area (Å²) in [5.74, 6) is 1.47. The average molecular weight is 317 g/mol. The van der Waals surface area contributed by atoms with E-state index in [4.69, 9.17) is 14.2 Å². The molecular formula is C18H20FNO3. The maximum absolute atomic E-state index is 13.8. The van der Waals surface area contributed by atoms with Crippen LogP contribution in [0.15, 0.2) is 36.4 Å². The van der Waals surface area contributed by atoms with Crippen LogP contribution in [0.3, 0.4) is 0 Å². The normalized spacial score (nSPS) is 14.4. The van der Waals surface area contributed by atoms with Crippen LogP contribution in [0.4, 0.5) is 4.39 Å².